The summed E-state index contributed by atoms with van der Waals surface area (Å²) >= 11 is 5.28. The van der Waals surface area contributed by atoms with Gasteiger partial charge in [-0.3, -0.25) is 0 Å². The molecule has 60 valence electrons. The molecule has 0 saturated heterocycles. The van der Waals surface area contributed by atoms with Crippen molar-refractivity contribution < 1.29 is 19.7 Å². The van der Waals surface area contributed by atoms with Crippen LogP contribution in [-0.2, 0) is 4.74 Å². The van der Waals surface area contributed by atoms with Crippen molar-refractivity contribution >= 4 is 17.8 Å². The maximum atomic E-state index is 8.56. The van der Waals surface area contributed by atoms with Crippen molar-refractivity contribution in [2.45, 2.75) is 12.5 Å². The fraction of sp³-hybridized carbons (Fsp3) is 0.400. The molecule has 0 spiro atoms. The first-order valence-corrected chi connectivity index (χ1v) is 2.76. The number of hydrogen-bond acceptors (Lipinski definition) is 2. The average molecular weight is 169 g/mol. The Hall–Kier alpha value is -0.900. The third-order valence-electron chi connectivity index (χ3n) is 0.284. The highest BCUT2D eigenvalue weighted by Gasteiger charge is 1.84. The molecule has 0 aromatic rings. The first-order chi connectivity index (χ1) is 4.50. The van der Waals surface area contributed by atoms with Crippen LogP contribution in [0.5, 0.6) is 0 Å². The van der Waals surface area contributed by atoms with Gasteiger partial charge in [-0.15, -0.1) is 0 Å². The smallest absolute Gasteiger partial charge is 0.483 e. The van der Waals surface area contributed by atoms with Gasteiger partial charge < -0.3 is 14.9 Å². The summed E-state index contributed by atoms with van der Waals surface area (Å²) in [6, 6.07) is 0. The van der Waals surface area contributed by atoms with Gasteiger partial charge in [-0.05, 0) is 6.92 Å². The zero-order valence-corrected chi connectivity index (χ0v) is 6.21. The molecule has 1 unspecified atom stereocenters. The second-order valence-electron chi connectivity index (χ2n) is 1.13. The summed E-state index contributed by atoms with van der Waals surface area (Å²) < 4.78 is 4.57. The minimum atomic E-state index is -1.83. The average Bonchev–Trinajstić information content (AvgIpc) is 1.62. The van der Waals surface area contributed by atoms with Crippen molar-refractivity contribution in [3.05, 3.63) is 12.8 Å². The van der Waals surface area contributed by atoms with E-state index in [0.717, 1.165) is 0 Å². The van der Waals surface area contributed by atoms with Crippen molar-refractivity contribution in [3.63, 3.8) is 0 Å². The molecule has 10 heavy (non-hydrogen) atoms. The van der Waals surface area contributed by atoms with Crippen molar-refractivity contribution in [3.8, 4) is 0 Å². The Kier molecular flexibility index (Phi) is 9.59. The molecule has 0 amide bonds. The molecule has 4 nitrogen and oxygen atoms in total. The highest BCUT2D eigenvalue weighted by Crippen LogP contribution is 1.93. The maximum absolute atomic E-state index is 8.56. The van der Waals surface area contributed by atoms with Gasteiger partial charge in [0, 0.05) is 0 Å². The first-order valence-electron chi connectivity index (χ1n) is 2.33. The standard InChI is InChI=1S/C4H7ClO.CH2O3/c1-3-6-4(2)5;2-1(3)4/h3-4H,1H2,2H3;(H2,2,3,4). The lowest BCUT2D eigenvalue weighted by atomic mass is 10.8. The Morgan fingerprint density at radius 3 is 2.10 bits per heavy atom. The van der Waals surface area contributed by atoms with Crippen molar-refractivity contribution in [2.75, 3.05) is 0 Å². The van der Waals surface area contributed by atoms with Gasteiger partial charge in [-0.1, -0.05) is 18.2 Å². The lowest BCUT2D eigenvalue weighted by Gasteiger charge is -1.96. The Bertz CT molecular complexity index is 97.8. The summed E-state index contributed by atoms with van der Waals surface area (Å²) in [5.74, 6) is 0. The number of hydrogen-bond donors (Lipinski definition) is 2. The summed E-state index contributed by atoms with van der Waals surface area (Å²) in [4.78, 5) is 8.56. The highest BCUT2D eigenvalue weighted by atomic mass is 35.5. The normalized spacial score (nSPS) is 10.2. The van der Waals surface area contributed by atoms with Gasteiger partial charge in [0.25, 0.3) is 0 Å². The van der Waals surface area contributed by atoms with Gasteiger partial charge in [0.15, 0.2) is 5.56 Å². The fourth-order valence-corrected chi connectivity index (χ4v) is 0.205. The largest absolute Gasteiger partial charge is 0.503 e. The van der Waals surface area contributed by atoms with Crippen LogP contribution < -0.4 is 0 Å². The molecule has 5 heteroatoms. The molecular formula is C5H9ClO4. The van der Waals surface area contributed by atoms with Crippen LogP contribution in [0.1, 0.15) is 6.92 Å². The van der Waals surface area contributed by atoms with Crippen LogP contribution in [0.4, 0.5) is 4.79 Å². The minimum absolute atomic E-state index is 0.248. The number of rotatable bonds is 2. The van der Waals surface area contributed by atoms with Crippen LogP contribution in [0.3, 0.4) is 0 Å². The second kappa shape index (κ2) is 8.10. The molecule has 0 heterocycles. The van der Waals surface area contributed by atoms with Crippen molar-refractivity contribution in [1.82, 2.24) is 0 Å². The molecule has 0 bridgehead atoms. The van der Waals surface area contributed by atoms with Gasteiger partial charge in [-0.25, -0.2) is 4.79 Å². The topological polar surface area (TPSA) is 66.8 Å². The van der Waals surface area contributed by atoms with E-state index < -0.39 is 6.16 Å². The molecule has 0 aromatic carbocycles. The predicted octanol–water partition coefficient (Wildman–Crippen LogP) is 1.95. The molecule has 0 aliphatic carbocycles. The number of carbonyl (C=O) groups is 1. The zero-order valence-electron chi connectivity index (χ0n) is 5.45. The number of halogens is 1. The molecule has 0 saturated carbocycles. The maximum Gasteiger partial charge on any atom is 0.503 e. The van der Waals surface area contributed by atoms with Gasteiger partial charge in [0.2, 0.25) is 0 Å². The lowest BCUT2D eigenvalue weighted by Crippen LogP contribution is -1.88. The third-order valence-corrected chi connectivity index (χ3v) is 0.387. The molecule has 0 aliphatic heterocycles. The highest BCUT2D eigenvalue weighted by molar-refractivity contribution is 6.19. The summed E-state index contributed by atoms with van der Waals surface area (Å²) in [6.07, 6.45) is -0.516. The van der Waals surface area contributed by atoms with E-state index in [1.54, 1.807) is 6.92 Å². The van der Waals surface area contributed by atoms with E-state index >= 15 is 0 Å². The Balaban J connectivity index is 0. The molecule has 0 fully saturated rings. The van der Waals surface area contributed by atoms with E-state index in [1.165, 1.54) is 6.26 Å². The van der Waals surface area contributed by atoms with Crippen LogP contribution in [0.25, 0.3) is 0 Å². The van der Waals surface area contributed by atoms with Crippen LogP contribution in [-0.4, -0.2) is 21.9 Å². The fourth-order valence-electron chi connectivity index (χ4n) is 0.133. The number of carboxylic acid groups (broad SMARTS) is 2. The van der Waals surface area contributed by atoms with Crippen LogP contribution >= 0.6 is 11.6 Å². The van der Waals surface area contributed by atoms with E-state index in [-0.39, 0.29) is 5.56 Å². The monoisotopic (exact) mass is 168 g/mol. The summed E-state index contributed by atoms with van der Waals surface area (Å²) in [5.41, 5.74) is -0.248. The molecule has 0 rings (SSSR count). The zero-order chi connectivity index (χ0) is 8.57. The van der Waals surface area contributed by atoms with Gasteiger partial charge in [-0.2, -0.15) is 0 Å². The van der Waals surface area contributed by atoms with Gasteiger partial charge in [0.05, 0.1) is 6.26 Å². The van der Waals surface area contributed by atoms with Crippen LogP contribution in [0, 0.1) is 0 Å². The van der Waals surface area contributed by atoms with Crippen LogP contribution in [0.2, 0.25) is 0 Å². The summed E-state index contributed by atoms with van der Waals surface area (Å²) in [7, 11) is 0. The van der Waals surface area contributed by atoms with Crippen molar-refractivity contribution in [1.29, 1.82) is 0 Å². The Labute approximate surface area is 63.7 Å². The SMILES string of the molecule is C=COC(C)Cl.O=C(O)O. The molecular weight excluding hydrogens is 160 g/mol. The van der Waals surface area contributed by atoms with Crippen LogP contribution in [0.15, 0.2) is 12.8 Å². The van der Waals surface area contributed by atoms with E-state index in [2.05, 4.69) is 11.3 Å². The molecule has 0 aromatic heterocycles. The second-order valence-corrected chi connectivity index (χ2v) is 1.74. The van der Waals surface area contributed by atoms with Gasteiger partial charge >= 0.3 is 6.16 Å². The van der Waals surface area contributed by atoms with Crippen molar-refractivity contribution in [2.24, 2.45) is 0 Å². The molecule has 0 radical (unpaired) electrons. The quantitative estimate of drug-likeness (QED) is 0.489. The minimum Gasteiger partial charge on any atom is -0.483 e. The lowest BCUT2D eigenvalue weighted by molar-refractivity contribution is 0.137. The summed E-state index contributed by atoms with van der Waals surface area (Å²) in [6.45, 7) is 5.02. The molecule has 2 N–H and O–H groups in total. The summed E-state index contributed by atoms with van der Waals surface area (Å²) in [5, 5.41) is 13.9. The van der Waals surface area contributed by atoms with E-state index in [9.17, 15) is 0 Å². The Morgan fingerprint density at radius 1 is 1.80 bits per heavy atom. The predicted molar refractivity (Wildman–Crippen MR) is 37.3 cm³/mol. The molecule has 0 aliphatic rings. The number of ether oxygens (including phenoxy) is 1. The Morgan fingerprint density at radius 2 is 2.10 bits per heavy atom. The first kappa shape index (κ1) is 11.8. The third kappa shape index (κ3) is 59.9. The number of alkyl halides is 1. The van der Waals surface area contributed by atoms with E-state index in [0.29, 0.717) is 0 Å². The van der Waals surface area contributed by atoms with E-state index in [4.69, 9.17) is 26.6 Å². The van der Waals surface area contributed by atoms with E-state index in [1.807, 2.05) is 0 Å². The molecule has 1 atom stereocenters. The van der Waals surface area contributed by atoms with Gasteiger partial charge in [0.1, 0.15) is 0 Å².